The Balaban J connectivity index is 3.26. The standard InChI is InChI=1S/C10H15NO2S/c1-8-5-6-9(2)10(7-8)11(3)14(4,12)13/h5-7H,1-4H3. The van der Waals surface area contributed by atoms with Crippen LogP contribution in [0.5, 0.6) is 0 Å². The van der Waals surface area contributed by atoms with Crippen molar-refractivity contribution in [3.8, 4) is 0 Å². The van der Waals surface area contributed by atoms with E-state index in [1.165, 1.54) is 10.6 Å². The van der Waals surface area contributed by atoms with E-state index in [4.69, 9.17) is 0 Å². The van der Waals surface area contributed by atoms with Crippen LogP contribution in [0.3, 0.4) is 0 Å². The molecular weight excluding hydrogens is 198 g/mol. The normalized spacial score (nSPS) is 11.4. The number of rotatable bonds is 2. The smallest absolute Gasteiger partial charge is 0.232 e. The van der Waals surface area contributed by atoms with E-state index in [1.54, 1.807) is 7.05 Å². The van der Waals surface area contributed by atoms with E-state index in [0.29, 0.717) is 0 Å². The Kier molecular flexibility index (Phi) is 2.85. The van der Waals surface area contributed by atoms with Crippen LogP contribution in [-0.4, -0.2) is 21.7 Å². The summed E-state index contributed by atoms with van der Waals surface area (Å²) in [4.78, 5) is 0. The molecule has 0 spiro atoms. The Bertz CT molecular complexity index is 437. The van der Waals surface area contributed by atoms with Crippen molar-refractivity contribution in [1.29, 1.82) is 0 Å². The van der Waals surface area contributed by atoms with E-state index < -0.39 is 10.0 Å². The van der Waals surface area contributed by atoms with Crippen molar-refractivity contribution in [1.82, 2.24) is 0 Å². The molecule has 0 aliphatic rings. The van der Waals surface area contributed by atoms with Crippen LogP contribution in [-0.2, 0) is 10.0 Å². The summed E-state index contributed by atoms with van der Waals surface area (Å²) in [7, 11) is -1.60. The molecule has 0 saturated carbocycles. The molecular formula is C10H15NO2S. The van der Waals surface area contributed by atoms with Gasteiger partial charge in [0.1, 0.15) is 0 Å². The van der Waals surface area contributed by atoms with Gasteiger partial charge in [-0.2, -0.15) is 0 Å². The fourth-order valence-electron chi connectivity index (χ4n) is 1.24. The van der Waals surface area contributed by atoms with Gasteiger partial charge in [0.25, 0.3) is 0 Å². The monoisotopic (exact) mass is 213 g/mol. The first kappa shape index (κ1) is 11.0. The van der Waals surface area contributed by atoms with Crippen LogP contribution < -0.4 is 4.31 Å². The SMILES string of the molecule is Cc1ccc(C)c(N(C)S(C)(=O)=O)c1. The van der Waals surface area contributed by atoms with Crippen molar-refractivity contribution in [2.45, 2.75) is 13.8 Å². The van der Waals surface area contributed by atoms with Gasteiger partial charge in [0.2, 0.25) is 10.0 Å². The van der Waals surface area contributed by atoms with E-state index in [9.17, 15) is 8.42 Å². The van der Waals surface area contributed by atoms with Gasteiger partial charge >= 0.3 is 0 Å². The predicted molar refractivity (Wildman–Crippen MR) is 59.2 cm³/mol. The number of sulfonamides is 1. The molecule has 0 saturated heterocycles. The third kappa shape index (κ3) is 2.26. The highest BCUT2D eigenvalue weighted by Crippen LogP contribution is 2.21. The summed E-state index contributed by atoms with van der Waals surface area (Å²) in [5.41, 5.74) is 2.76. The lowest BCUT2D eigenvalue weighted by Gasteiger charge is -2.19. The molecule has 1 rings (SSSR count). The average molecular weight is 213 g/mol. The van der Waals surface area contributed by atoms with Crippen LogP contribution in [0.25, 0.3) is 0 Å². The summed E-state index contributed by atoms with van der Waals surface area (Å²) in [6.45, 7) is 3.84. The maximum absolute atomic E-state index is 11.3. The molecule has 0 unspecified atom stereocenters. The fourth-order valence-corrected chi connectivity index (χ4v) is 1.79. The maximum Gasteiger partial charge on any atom is 0.232 e. The van der Waals surface area contributed by atoms with Gasteiger partial charge in [0.15, 0.2) is 0 Å². The zero-order valence-corrected chi connectivity index (χ0v) is 9.72. The molecule has 0 aromatic heterocycles. The Hall–Kier alpha value is -1.03. The van der Waals surface area contributed by atoms with E-state index in [2.05, 4.69) is 0 Å². The lowest BCUT2D eigenvalue weighted by molar-refractivity contribution is 0.600. The van der Waals surface area contributed by atoms with Gasteiger partial charge in [0, 0.05) is 7.05 Å². The summed E-state index contributed by atoms with van der Waals surface area (Å²) in [6.07, 6.45) is 1.20. The molecule has 0 atom stereocenters. The average Bonchev–Trinajstić information content (AvgIpc) is 2.06. The molecule has 14 heavy (non-hydrogen) atoms. The van der Waals surface area contributed by atoms with E-state index in [0.717, 1.165) is 16.8 Å². The van der Waals surface area contributed by atoms with Crippen molar-refractivity contribution in [3.05, 3.63) is 29.3 Å². The summed E-state index contributed by atoms with van der Waals surface area (Å²) in [5, 5.41) is 0. The lowest BCUT2D eigenvalue weighted by Crippen LogP contribution is -2.25. The predicted octanol–water partition coefficient (Wildman–Crippen LogP) is 1.70. The highest BCUT2D eigenvalue weighted by molar-refractivity contribution is 7.92. The Morgan fingerprint density at radius 2 is 1.79 bits per heavy atom. The minimum atomic E-state index is -3.16. The van der Waals surface area contributed by atoms with Crippen LogP contribution in [0, 0.1) is 13.8 Å². The van der Waals surface area contributed by atoms with Crippen molar-refractivity contribution in [2.75, 3.05) is 17.6 Å². The van der Waals surface area contributed by atoms with Gasteiger partial charge in [-0.1, -0.05) is 12.1 Å². The number of aryl methyl sites for hydroxylation is 2. The molecule has 3 nitrogen and oxygen atoms in total. The first-order chi connectivity index (χ1) is 6.32. The third-order valence-electron chi connectivity index (χ3n) is 2.20. The molecule has 0 fully saturated rings. The number of nitrogens with zero attached hydrogens (tertiary/aromatic N) is 1. The maximum atomic E-state index is 11.3. The van der Waals surface area contributed by atoms with Gasteiger partial charge in [-0.25, -0.2) is 8.42 Å². The second-order valence-electron chi connectivity index (χ2n) is 3.52. The van der Waals surface area contributed by atoms with E-state index in [-0.39, 0.29) is 0 Å². The molecule has 0 aliphatic heterocycles. The van der Waals surface area contributed by atoms with Crippen molar-refractivity contribution in [3.63, 3.8) is 0 Å². The first-order valence-electron chi connectivity index (χ1n) is 4.33. The molecule has 4 heteroatoms. The Labute approximate surface area is 85.4 Å². The molecule has 0 heterocycles. The number of hydrogen-bond donors (Lipinski definition) is 0. The summed E-state index contributed by atoms with van der Waals surface area (Å²) < 4.78 is 23.9. The molecule has 0 radical (unpaired) electrons. The third-order valence-corrected chi connectivity index (χ3v) is 3.39. The Morgan fingerprint density at radius 3 is 2.29 bits per heavy atom. The van der Waals surface area contributed by atoms with Gasteiger partial charge < -0.3 is 0 Å². The highest BCUT2D eigenvalue weighted by Gasteiger charge is 2.13. The molecule has 0 amide bonds. The highest BCUT2D eigenvalue weighted by atomic mass is 32.2. The van der Waals surface area contributed by atoms with Crippen LogP contribution in [0.2, 0.25) is 0 Å². The van der Waals surface area contributed by atoms with E-state index >= 15 is 0 Å². The van der Waals surface area contributed by atoms with Crippen molar-refractivity contribution in [2.24, 2.45) is 0 Å². The number of anilines is 1. The summed E-state index contributed by atoms with van der Waals surface area (Å²) in [5.74, 6) is 0. The van der Waals surface area contributed by atoms with Gasteiger partial charge in [-0.05, 0) is 31.0 Å². The quantitative estimate of drug-likeness (QED) is 0.750. The van der Waals surface area contributed by atoms with Crippen molar-refractivity contribution < 1.29 is 8.42 Å². The molecule has 0 aliphatic carbocycles. The van der Waals surface area contributed by atoms with Crippen LogP contribution >= 0.6 is 0 Å². The minimum Gasteiger partial charge on any atom is -0.273 e. The van der Waals surface area contributed by atoms with Gasteiger partial charge in [0.05, 0.1) is 11.9 Å². The molecule has 0 N–H and O–H groups in total. The second kappa shape index (κ2) is 3.61. The van der Waals surface area contributed by atoms with Crippen molar-refractivity contribution >= 4 is 15.7 Å². The minimum absolute atomic E-state index is 0.743. The van der Waals surface area contributed by atoms with Gasteiger partial charge in [-0.3, -0.25) is 4.31 Å². The first-order valence-corrected chi connectivity index (χ1v) is 6.18. The number of hydrogen-bond acceptors (Lipinski definition) is 2. The van der Waals surface area contributed by atoms with E-state index in [1.807, 2.05) is 32.0 Å². The fraction of sp³-hybridized carbons (Fsp3) is 0.400. The van der Waals surface area contributed by atoms with Crippen LogP contribution in [0.15, 0.2) is 18.2 Å². The zero-order chi connectivity index (χ0) is 10.9. The topological polar surface area (TPSA) is 37.4 Å². The molecule has 1 aromatic rings. The Morgan fingerprint density at radius 1 is 1.21 bits per heavy atom. The van der Waals surface area contributed by atoms with Crippen LogP contribution in [0.1, 0.15) is 11.1 Å². The molecule has 78 valence electrons. The van der Waals surface area contributed by atoms with Gasteiger partial charge in [-0.15, -0.1) is 0 Å². The van der Waals surface area contributed by atoms with Crippen LogP contribution in [0.4, 0.5) is 5.69 Å². The zero-order valence-electron chi connectivity index (χ0n) is 8.90. The largest absolute Gasteiger partial charge is 0.273 e. The lowest BCUT2D eigenvalue weighted by atomic mass is 10.1. The second-order valence-corrected chi connectivity index (χ2v) is 5.53. The molecule has 0 bridgehead atoms. The summed E-state index contributed by atoms with van der Waals surface area (Å²) >= 11 is 0. The summed E-state index contributed by atoms with van der Waals surface area (Å²) in [6, 6.07) is 5.76. The molecule has 1 aromatic carbocycles. The number of benzene rings is 1.